The number of methoxy groups -OCH3 is 1. The van der Waals surface area contributed by atoms with Crippen LogP contribution in [0.15, 0.2) is 58.1 Å². The topological polar surface area (TPSA) is 69.4 Å². The highest BCUT2D eigenvalue weighted by Crippen LogP contribution is 2.27. The van der Waals surface area contributed by atoms with E-state index in [4.69, 9.17) is 4.74 Å². The number of fused-ring (bicyclic) bond motifs is 1. The van der Waals surface area contributed by atoms with E-state index < -0.39 is 11.1 Å². The fraction of sp³-hybridized carbons (Fsp3) is 0.250. The van der Waals surface area contributed by atoms with Gasteiger partial charge in [-0.3, -0.25) is 14.2 Å². The summed E-state index contributed by atoms with van der Waals surface area (Å²) in [6.45, 7) is 3.29. The maximum Gasteiger partial charge on any atom is 0.333 e. The lowest BCUT2D eigenvalue weighted by Gasteiger charge is -2.18. The molecule has 0 unspecified atom stereocenters. The summed E-state index contributed by atoms with van der Waals surface area (Å²) < 4.78 is 7.89. The molecular weight excluding hydrogens is 344 g/mol. The average molecular weight is 364 g/mol. The van der Waals surface area contributed by atoms with Crippen molar-refractivity contribution in [1.29, 1.82) is 0 Å². The van der Waals surface area contributed by atoms with Gasteiger partial charge in [-0.05, 0) is 36.8 Å². The van der Waals surface area contributed by atoms with Crippen LogP contribution in [-0.2, 0) is 13.1 Å². The highest BCUT2D eigenvalue weighted by molar-refractivity contribution is 5.59. The minimum atomic E-state index is -0.601. The van der Waals surface area contributed by atoms with Crippen molar-refractivity contribution in [1.82, 2.24) is 14.3 Å². The Labute approximate surface area is 156 Å². The molecule has 4 rings (SSSR count). The minimum absolute atomic E-state index is 0.263. The molecule has 7 heteroatoms. The first kappa shape index (κ1) is 17.1. The Hall–Kier alpha value is -3.35. The van der Waals surface area contributed by atoms with Gasteiger partial charge in [-0.15, -0.1) is 5.10 Å². The van der Waals surface area contributed by atoms with Crippen LogP contribution in [0.5, 0.6) is 5.75 Å². The molecule has 2 aromatic carbocycles. The van der Waals surface area contributed by atoms with Gasteiger partial charge in [0.1, 0.15) is 5.75 Å². The highest BCUT2D eigenvalue weighted by Gasteiger charge is 2.25. The number of ether oxygens (including phenoxy) is 1. The molecule has 2 heterocycles. The predicted octanol–water partition coefficient (Wildman–Crippen LogP) is 1.92. The molecule has 0 bridgehead atoms. The summed E-state index contributed by atoms with van der Waals surface area (Å²) >= 11 is 0. The molecule has 0 N–H and O–H groups in total. The van der Waals surface area contributed by atoms with E-state index in [2.05, 4.69) is 5.10 Å². The monoisotopic (exact) mass is 364 g/mol. The van der Waals surface area contributed by atoms with Gasteiger partial charge in [-0.1, -0.05) is 29.8 Å². The second-order valence-corrected chi connectivity index (χ2v) is 6.55. The van der Waals surface area contributed by atoms with Crippen molar-refractivity contribution in [2.45, 2.75) is 20.0 Å². The zero-order valence-electron chi connectivity index (χ0n) is 15.3. The molecule has 0 spiro atoms. The van der Waals surface area contributed by atoms with E-state index in [0.29, 0.717) is 19.0 Å². The zero-order chi connectivity index (χ0) is 19.0. The third kappa shape index (κ3) is 3.12. The number of aromatic nitrogens is 3. The first-order chi connectivity index (χ1) is 13.1. The molecule has 1 aliphatic heterocycles. The molecule has 0 radical (unpaired) electrons. The number of hydrogen-bond acceptors (Lipinski definition) is 5. The van der Waals surface area contributed by atoms with Gasteiger partial charge in [0, 0.05) is 18.8 Å². The SMILES string of the molecule is COc1ccc(N2CCn3c2nn(Cc2ccc(C)cc2)c(=O)c3=O)cc1. The van der Waals surface area contributed by atoms with Crippen molar-refractivity contribution in [3.05, 3.63) is 80.4 Å². The van der Waals surface area contributed by atoms with Crippen molar-refractivity contribution in [3.63, 3.8) is 0 Å². The van der Waals surface area contributed by atoms with Crippen LogP contribution in [0.2, 0.25) is 0 Å². The van der Waals surface area contributed by atoms with E-state index in [9.17, 15) is 9.59 Å². The maximum absolute atomic E-state index is 12.5. The van der Waals surface area contributed by atoms with E-state index in [1.165, 1.54) is 9.25 Å². The Kier molecular flexibility index (Phi) is 4.27. The smallest absolute Gasteiger partial charge is 0.333 e. The number of rotatable bonds is 4. The Morgan fingerprint density at radius 3 is 2.33 bits per heavy atom. The maximum atomic E-state index is 12.5. The lowest BCUT2D eigenvalue weighted by Crippen LogP contribution is -2.42. The fourth-order valence-electron chi connectivity index (χ4n) is 3.21. The second-order valence-electron chi connectivity index (χ2n) is 6.55. The van der Waals surface area contributed by atoms with Crippen LogP contribution >= 0.6 is 0 Å². The summed E-state index contributed by atoms with van der Waals surface area (Å²) in [6.07, 6.45) is 0. The third-order valence-corrected chi connectivity index (χ3v) is 4.74. The average Bonchev–Trinajstić information content (AvgIpc) is 3.11. The van der Waals surface area contributed by atoms with Gasteiger partial charge in [-0.25, -0.2) is 4.68 Å². The van der Waals surface area contributed by atoms with E-state index >= 15 is 0 Å². The molecule has 3 aromatic rings. The number of anilines is 2. The molecule has 0 aliphatic carbocycles. The quantitative estimate of drug-likeness (QED) is 0.662. The van der Waals surface area contributed by atoms with Crippen molar-refractivity contribution >= 4 is 11.6 Å². The molecule has 0 fully saturated rings. The van der Waals surface area contributed by atoms with Crippen LogP contribution in [0.1, 0.15) is 11.1 Å². The van der Waals surface area contributed by atoms with Crippen LogP contribution in [0.25, 0.3) is 0 Å². The van der Waals surface area contributed by atoms with Gasteiger partial charge in [-0.2, -0.15) is 0 Å². The highest BCUT2D eigenvalue weighted by atomic mass is 16.5. The number of benzene rings is 2. The normalized spacial score (nSPS) is 12.9. The largest absolute Gasteiger partial charge is 0.497 e. The lowest BCUT2D eigenvalue weighted by molar-refractivity contribution is 0.415. The van der Waals surface area contributed by atoms with Gasteiger partial charge in [0.05, 0.1) is 13.7 Å². The van der Waals surface area contributed by atoms with Crippen LogP contribution in [-0.4, -0.2) is 28.0 Å². The molecule has 0 amide bonds. The number of hydrogen-bond donors (Lipinski definition) is 0. The molecule has 0 saturated carbocycles. The van der Waals surface area contributed by atoms with Crippen molar-refractivity contribution in [2.24, 2.45) is 0 Å². The number of aryl methyl sites for hydroxylation is 1. The lowest BCUT2D eigenvalue weighted by atomic mass is 10.1. The van der Waals surface area contributed by atoms with Gasteiger partial charge < -0.3 is 9.64 Å². The van der Waals surface area contributed by atoms with Crippen LogP contribution in [0, 0.1) is 6.92 Å². The molecule has 1 aromatic heterocycles. The van der Waals surface area contributed by atoms with Crippen LogP contribution in [0.4, 0.5) is 11.6 Å². The van der Waals surface area contributed by atoms with E-state index in [1.54, 1.807) is 7.11 Å². The Balaban J connectivity index is 1.74. The Bertz CT molecular complexity index is 1080. The summed E-state index contributed by atoms with van der Waals surface area (Å²) in [5, 5.41) is 4.49. The fourth-order valence-corrected chi connectivity index (χ4v) is 3.21. The molecule has 138 valence electrons. The number of nitrogens with zero attached hydrogens (tertiary/aromatic N) is 4. The molecule has 1 aliphatic rings. The van der Waals surface area contributed by atoms with Crippen molar-refractivity contribution < 1.29 is 4.74 Å². The predicted molar refractivity (Wildman–Crippen MR) is 103 cm³/mol. The standard InChI is InChI=1S/C20H20N4O3/c1-14-3-5-15(6-4-14)13-24-19(26)18(25)23-12-11-22(20(23)21-24)16-7-9-17(27-2)10-8-16/h3-10H,11-13H2,1-2H3. The molecule has 27 heavy (non-hydrogen) atoms. The van der Waals surface area contributed by atoms with Crippen LogP contribution < -0.4 is 20.8 Å². The summed E-state index contributed by atoms with van der Waals surface area (Å²) in [6, 6.07) is 15.4. The van der Waals surface area contributed by atoms with Gasteiger partial charge in [0.25, 0.3) is 0 Å². The van der Waals surface area contributed by atoms with Gasteiger partial charge in [0.2, 0.25) is 5.95 Å². The molecule has 7 nitrogen and oxygen atoms in total. The van der Waals surface area contributed by atoms with E-state index in [-0.39, 0.29) is 6.54 Å². The summed E-state index contributed by atoms with van der Waals surface area (Å²) in [4.78, 5) is 26.9. The summed E-state index contributed by atoms with van der Waals surface area (Å²) in [5.74, 6) is 1.24. The zero-order valence-corrected chi connectivity index (χ0v) is 15.3. The Morgan fingerprint density at radius 2 is 1.67 bits per heavy atom. The Morgan fingerprint density at radius 1 is 0.963 bits per heavy atom. The molecular formula is C20H20N4O3. The first-order valence-electron chi connectivity index (χ1n) is 8.76. The van der Waals surface area contributed by atoms with Gasteiger partial charge in [0.15, 0.2) is 0 Å². The minimum Gasteiger partial charge on any atom is -0.497 e. The molecule has 0 saturated heterocycles. The van der Waals surface area contributed by atoms with Crippen LogP contribution in [0.3, 0.4) is 0 Å². The first-order valence-corrected chi connectivity index (χ1v) is 8.76. The van der Waals surface area contributed by atoms with Crippen molar-refractivity contribution in [2.75, 3.05) is 18.6 Å². The molecule has 0 atom stereocenters. The van der Waals surface area contributed by atoms with E-state index in [0.717, 1.165) is 22.6 Å². The summed E-state index contributed by atoms with van der Waals surface area (Å²) in [5.41, 5.74) is 1.82. The third-order valence-electron chi connectivity index (χ3n) is 4.74. The second kappa shape index (κ2) is 6.75. The summed E-state index contributed by atoms with van der Waals surface area (Å²) in [7, 11) is 1.62. The van der Waals surface area contributed by atoms with E-state index in [1.807, 2.05) is 60.4 Å². The van der Waals surface area contributed by atoms with Crippen molar-refractivity contribution in [3.8, 4) is 5.75 Å². The van der Waals surface area contributed by atoms with Gasteiger partial charge >= 0.3 is 11.1 Å².